The fourth-order valence-corrected chi connectivity index (χ4v) is 5.38. The van der Waals surface area contributed by atoms with E-state index in [2.05, 4.69) is 0 Å². The van der Waals surface area contributed by atoms with Crippen molar-refractivity contribution in [3.05, 3.63) is 79.3 Å². The summed E-state index contributed by atoms with van der Waals surface area (Å²) in [4.78, 5) is 31.5. The summed E-state index contributed by atoms with van der Waals surface area (Å²) in [5, 5.41) is 0. The van der Waals surface area contributed by atoms with Crippen molar-refractivity contribution in [1.29, 1.82) is 0 Å². The van der Waals surface area contributed by atoms with Gasteiger partial charge in [0.15, 0.2) is 4.80 Å². The summed E-state index contributed by atoms with van der Waals surface area (Å²) in [6.45, 7) is 1.76. The Labute approximate surface area is 181 Å². The minimum Gasteiger partial charge on any atom is -0.497 e. The number of carbonyl (C=O) groups is 1. The predicted molar refractivity (Wildman–Crippen MR) is 115 cm³/mol. The number of hydrogen-bond donors (Lipinski definition) is 0. The second kappa shape index (κ2) is 7.09. The quantitative estimate of drug-likeness (QED) is 0.586. The van der Waals surface area contributed by atoms with Gasteiger partial charge in [0.2, 0.25) is 5.72 Å². The first-order valence-electron chi connectivity index (χ1n) is 9.78. The van der Waals surface area contributed by atoms with Gasteiger partial charge in [-0.25, -0.2) is 4.99 Å². The highest BCUT2D eigenvalue weighted by molar-refractivity contribution is 7.07. The monoisotopic (exact) mass is 436 g/mol. The van der Waals surface area contributed by atoms with Gasteiger partial charge in [0.1, 0.15) is 17.4 Å². The summed E-state index contributed by atoms with van der Waals surface area (Å²) < 4.78 is 18.6. The molecule has 1 aromatic heterocycles. The van der Waals surface area contributed by atoms with E-state index < -0.39 is 23.7 Å². The molecule has 8 heteroatoms. The molecule has 3 aromatic rings. The van der Waals surface area contributed by atoms with Crippen LogP contribution in [0.25, 0.3) is 6.08 Å². The Morgan fingerprint density at radius 2 is 1.94 bits per heavy atom. The molecular formula is C23H20N2O5S. The molecule has 31 heavy (non-hydrogen) atoms. The molecule has 0 amide bonds. The molecular weight excluding hydrogens is 416 g/mol. The fourth-order valence-electron chi connectivity index (χ4n) is 4.28. The van der Waals surface area contributed by atoms with Crippen molar-refractivity contribution >= 4 is 23.4 Å². The van der Waals surface area contributed by atoms with Crippen molar-refractivity contribution in [2.24, 2.45) is 10.9 Å². The number of fused-ring (bicyclic) bond motifs is 6. The average molecular weight is 436 g/mol. The summed E-state index contributed by atoms with van der Waals surface area (Å²) in [5.74, 6) is 0.116. The molecule has 3 heterocycles. The van der Waals surface area contributed by atoms with Crippen molar-refractivity contribution in [3.8, 4) is 11.5 Å². The van der Waals surface area contributed by atoms with Crippen LogP contribution < -0.4 is 24.4 Å². The average Bonchev–Trinajstić information content (AvgIpc) is 3.06. The number of aromatic nitrogens is 1. The molecule has 0 unspecified atom stereocenters. The fraction of sp³-hybridized carbons (Fsp3) is 0.261. The number of esters is 1. The lowest BCUT2D eigenvalue weighted by Gasteiger charge is -2.44. The number of ether oxygens (including phenoxy) is 3. The van der Waals surface area contributed by atoms with E-state index in [1.54, 1.807) is 18.6 Å². The van der Waals surface area contributed by atoms with Crippen LogP contribution in [-0.4, -0.2) is 30.5 Å². The molecule has 2 aliphatic heterocycles. The number of nitrogens with zero attached hydrogens (tertiary/aromatic N) is 2. The molecule has 158 valence electrons. The summed E-state index contributed by atoms with van der Waals surface area (Å²) in [6.07, 6.45) is 1.82. The normalized spacial score (nSPS) is 23.8. The van der Waals surface area contributed by atoms with E-state index >= 15 is 0 Å². The van der Waals surface area contributed by atoms with Gasteiger partial charge in [-0.15, -0.1) is 0 Å². The Morgan fingerprint density at radius 1 is 1.19 bits per heavy atom. The molecule has 2 aliphatic rings. The van der Waals surface area contributed by atoms with Gasteiger partial charge in [0.25, 0.3) is 5.56 Å². The van der Waals surface area contributed by atoms with E-state index in [1.807, 2.05) is 54.6 Å². The highest BCUT2D eigenvalue weighted by atomic mass is 32.1. The van der Waals surface area contributed by atoms with Crippen LogP contribution in [0.15, 0.2) is 58.3 Å². The van der Waals surface area contributed by atoms with Gasteiger partial charge >= 0.3 is 5.97 Å². The molecule has 5 rings (SSSR count). The van der Waals surface area contributed by atoms with Crippen molar-refractivity contribution in [2.75, 3.05) is 14.2 Å². The van der Waals surface area contributed by atoms with Crippen LogP contribution in [-0.2, 0) is 9.53 Å². The van der Waals surface area contributed by atoms with Crippen LogP contribution in [0.2, 0.25) is 0 Å². The zero-order valence-corrected chi connectivity index (χ0v) is 18.0. The number of benzene rings is 2. The highest BCUT2D eigenvalue weighted by Crippen LogP contribution is 2.47. The third kappa shape index (κ3) is 2.97. The van der Waals surface area contributed by atoms with Gasteiger partial charge in [0, 0.05) is 5.56 Å². The number of rotatable bonds is 3. The minimum atomic E-state index is -1.17. The number of thiazole rings is 1. The molecule has 0 fully saturated rings. The van der Waals surface area contributed by atoms with E-state index in [9.17, 15) is 9.59 Å². The molecule has 0 aliphatic carbocycles. The van der Waals surface area contributed by atoms with Gasteiger partial charge in [-0.3, -0.25) is 14.2 Å². The molecule has 2 aromatic carbocycles. The van der Waals surface area contributed by atoms with Crippen LogP contribution >= 0.6 is 11.3 Å². The summed E-state index contributed by atoms with van der Waals surface area (Å²) in [7, 11) is 2.94. The van der Waals surface area contributed by atoms with Gasteiger partial charge in [-0.2, -0.15) is 0 Å². The second-order valence-electron chi connectivity index (χ2n) is 7.59. The second-order valence-corrected chi connectivity index (χ2v) is 8.60. The molecule has 7 nitrogen and oxygen atoms in total. The summed E-state index contributed by atoms with van der Waals surface area (Å²) >= 11 is 1.28. The maximum atomic E-state index is 13.5. The Morgan fingerprint density at radius 3 is 2.65 bits per heavy atom. The van der Waals surface area contributed by atoms with Crippen molar-refractivity contribution < 1.29 is 19.0 Å². The van der Waals surface area contributed by atoms with E-state index in [0.717, 1.165) is 16.9 Å². The van der Waals surface area contributed by atoms with Crippen LogP contribution in [0, 0.1) is 5.92 Å². The molecule has 3 atom stereocenters. The zero-order valence-electron chi connectivity index (χ0n) is 17.2. The van der Waals surface area contributed by atoms with Gasteiger partial charge in [-0.1, -0.05) is 41.7 Å². The van der Waals surface area contributed by atoms with Crippen molar-refractivity contribution in [2.45, 2.75) is 18.7 Å². The smallest absolute Gasteiger partial charge is 0.317 e. The Hall–Kier alpha value is -3.39. The van der Waals surface area contributed by atoms with Crippen molar-refractivity contribution in [3.63, 3.8) is 0 Å². The Kier molecular flexibility index (Phi) is 4.48. The first-order chi connectivity index (χ1) is 14.9. The first-order valence-corrected chi connectivity index (χ1v) is 10.6. The van der Waals surface area contributed by atoms with Gasteiger partial charge in [0.05, 0.1) is 24.8 Å². The van der Waals surface area contributed by atoms with E-state index in [1.165, 1.54) is 18.4 Å². The van der Waals surface area contributed by atoms with E-state index in [0.29, 0.717) is 15.1 Å². The highest BCUT2D eigenvalue weighted by Gasteiger charge is 2.55. The maximum absolute atomic E-state index is 13.5. The third-order valence-electron chi connectivity index (χ3n) is 5.75. The number of hydrogen-bond acceptors (Lipinski definition) is 7. The topological polar surface area (TPSA) is 79.1 Å². The lowest BCUT2D eigenvalue weighted by atomic mass is 9.81. The molecule has 0 saturated heterocycles. The lowest BCUT2D eigenvalue weighted by Crippen LogP contribution is -2.58. The standard InChI is InChI=1S/C23H20N2O5S/c1-23-18(21(27)29-3)19(15-6-4-5-7-16(15)30-23)25-20(26)17(31-22(25)24-23)12-13-8-10-14(28-2)11-9-13/h4-12,18-19H,1-3H3/b17-12+/t18-,19-,23+/m1/s1. The maximum Gasteiger partial charge on any atom is 0.317 e. The summed E-state index contributed by atoms with van der Waals surface area (Å²) in [6, 6.07) is 14.3. The predicted octanol–water partition coefficient (Wildman–Crippen LogP) is 1.87. The van der Waals surface area contributed by atoms with E-state index in [4.69, 9.17) is 19.2 Å². The molecule has 0 spiro atoms. The minimum absolute atomic E-state index is 0.197. The van der Waals surface area contributed by atoms with E-state index in [-0.39, 0.29) is 5.56 Å². The number of para-hydroxylation sites is 1. The Balaban J connectivity index is 1.75. The number of carbonyl (C=O) groups excluding carboxylic acids is 1. The number of methoxy groups -OCH3 is 2. The van der Waals surface area contributed by atoms with Crippen molar-refractivity contribution in [1.82, 2.24) is 4.57 Å². The molecule has 0 N–H and O–H groups in total. The molecule has 0 radical (unpaired) electrons. The van der Waals surface area contributed by atoms with Crippen LogP contribution in [0.5, 0.6) is 11.5 Å². The van der Waals surface area contributed by atoms with Crippen LogP contribution in [0.3, 0.4) is 0 Å². The largest absolute Gasteiger partial charge is 0.497 e. The molecule has 2 bridgehead atoms. The Bertz CT molecular complexity index is 1360. The van der Waals surface area contributed by atoms with Gasteiger partial charge in [-0.05, 0) is 36.8 Å². The van der Waals surface area contributed by atoms with Crippen LogP contribution in [0.4, 0.5) is 0 Å². The lowest BCUT2D eigenvalue weighted by molar-refractivity contribution is -0.158. The molecule has 0 saturated carbocycles. The SMILES string of the molecule is COC(=O)[C@H]1[C@H]2c3ccccc3O[C@]1(C)N=c1s/c(=C/c3ccc(OC)cc3)c(=O)n12. The first kappa shape index (κ1) is 19.6. The summed E-state index contributed by atoms with van der Waals surface area (Å²) in [5.41, 5.74) is 0.271. The third-order valence-corrected chi connectivity index (χ3v) is 6.73. The van der Waals surface area contributed by atoms with Gasteiger partial charge < -0.3 is 14.2 Å². The van der Waals surface area contributed by atoms with Crippen LogP contribution in [0.1, 0.15) is 24.1 Å². The zero-order chi connectivity index (χ0) is 21.8.